The lowest BCUT2D eigenvalue weighted by Crippen LogP contribution is -2.02. The molecule has 5 heteroatoms. The molecule has 2 rings (SSSR count). The highest BCUT2D eigenvalue weighted by atomic mass is 19.1. The summed E-state index contributed by atoms with van der Waals surface area (Å²) in [5.41, 5.74) is 2.50. The van der Waals surface area contributed by atoms with Gasteiger partial charge in [-0.1, -0.05) is 12.1 Å². The zero-order valence-corrected chi connectivity index (χ0v) is 10.4. The molecule has 0 bridgehead atoms. The molecule has 0 aromatic heterocycles. The molecule has 4 nitrogen and oxygen atoms in total. The van der Waals surface area contributed by atoms with E-state index in [9.17, 15) is 14.5 Å². The van der Waals surface area contributed by atoms with Crippen molar-refractivity contribution in [3.05, 3.63) is 69.5 Å². The Morgan fingerprint density at radius 3 is 2.74 bits per heavy atom. The normalized spacial score (nSPS) is 10.2. The molecule has 0 unspecified atom stereocenters. The number of nitrogens with zero attached hydrogens (tertiary/aromatic N) is 1. The number of halogens is 1. The number of anilines is 1. The molecule has 0 aliphatic rings. The van der Waals surface area contributed by atoms with Crippen molar-refractivity contribution in [1.82, 2.24) is 0 Å². The van der Waals surface area contributed by atoms with Crippen molar-refractivity contribution >= 4 is 11.4 Å². The standard InChI is InChI=1S/C14H13FN2O2/c1-10-7-12(15)6-5-11(10)9-16-13-3-2-4-14(8-13)17(18)19/h2-8,16H,9H2,1H3. The van der Waals surface area contributed by atoms with Crippen LogP contribution in [-0.2, 0) is 6.54 Å². The van der Waals surface area contributed by atoms with Crippen LogP contribution in [0.15, 0.2) is 42.5 Å². The molecule has 2 aromatic rings. The zero-order chi connectivity index (χ0) is 13.8. The third-order valence-corrected chi connectivity index (χ3v) is 2.84. The molecule has 0 spiro atoms. The average molecular weight is 260 g/mol. The second-order valence-corrected chi connectivity index (χ2v) is 4.23. The number of hydrogen-bond acceptors (Lipinski definition) is 3. The van der Waals surface area contributed by atoms with Crippen molar-refractivity contribution < 1.29 is 9.31 Å². The molecule has 0 radical (unpaired) electrons. The van der Waals surface area contributed by atoms with E-state index in [1.54, 1.807) is 18.2 Å². The molecule has 0 saturated carbocycles. The molecular formula is C14H13FN2O2. The van der Waals surface area contributed by atoms with Crippen molar-refractivity contribution in [2.45, 2.75) is 13.5 Å². The maximum atomic E-state index is 13.0. The molecular weight excluding hydrogens is 247 g/mol. The van der Waals surface area contributed by atoms with Crippen LogP contribution in [-0.4, -0.2) is 4.92 Å². The Kier molecular flexibility index (Phi) is 3.75. The van der Waals surface area contributed by atoms with Gasteiger partial charge in [0.2, 0.25) is 0 Å². The zero-order valence-electron chi connectivity index (χ0n) is 10.4. The predicted molar refractivity (Wildman–Crippen MR) is 71.6 cm³/mol. The van der Waals surface area contributed by atoms with Crippen molar-refractivity contribution in [1.29, 1.82) is 0 Å². The molecule has 0 atom stereocenters. The predicted octanol–water partition coefficient (Wildman–Crippen LogP) is 3.65. The first kappa shape index (κ1) is 13.0. The van der Waals surface area contributed by atoms with Crippen LogP contribution in [0.5, 0.6) is 0 Å². The molecule has 0 aliphatic heterocycles. The van der Waals surface area contributed by atoms with Gasteiger partial charge in [-0.2, -0.15) is 0 Å². The summed E-state index contributed by atoms with van der Waals surface area (Å²) in [6.45, 7) is 2.32. The number of rotatable bonds is 4. The minimum absolute atomic E-state index is 0.0424. The Morgan fingerprint density at radius 2 is 2.05 bits per heavy atom. The Morgan fingerprint density at radius 1 is 1.26 bits per heavy atom. The third kappa shape index (κ3) is 3.28. The number of hydrogen-bond donors (Lipinski definition) is 1. The number of nitro groups is 1. The molecule has 0 amide bonds. The van der Waals surface area contributed by atoms with Crippen LogP contribution in [0, 0.1) is 22.9 Å². The molecule has 1 N–H and O–H groups in total. The van der Waals surface area contributed by atoms with Gasteiger partial charge in [0.05, 0.1) is 4.92 Å². The second-order valence-electron chi connectivity index (χ2n) is 4.23. The minimum Gasteiger partial charge on any atom is -0.381 e. The van der Waals surface area contributed by atoms with E-state index in [1.165, 1.54) is 24.3 Å². The number of nitro benzene ring substituents is 1. The van der Waals surface area contributed by atoms with Gasteiger partial charge >= 0.3 is 0 Å². The summed E-state index contributed by atoms with van der Waals surface area (Å²) in [6, 6.07) is 10.9. The average Bonchev–Trinajstić information content (AvgIpc) is 2.38. The Balaban J connectivity index is 2.10. The topological polar surface area (TPSA) is 55.2 Å². The SMILES string of the molecule is Cc1cc(F)ccc1CNc1cccc([N+](=O)[O-])c1. The maximum Gasteiger partial charge on any atom is 0.271 e. The van der Waals surface area contributed by atoms with E-state index < -0.39 is 4.92 Å². The van der Waals surface area contributed by atoms with Gasteiger partial charge in [-0.15, -0.1) is 0 Å². The van der Waals surface area contributed by atoms with Gasteiger partial charge < -0.3 is 5.32 Å². The molecule has 0 fully saturated rings. The first-order valence-electron chi connectivity index (χ1n) is 5.79. The Hall–Kier alpha value is -2.43. The van der Waals surface area contributed by atoms with Crippen LogP contribution in [0.1, 0.15) is 11.1 Å². The fraction of sp³-hybridized carbons (Fsp3) is 0.143. The number of nitrogens with one attached hydrogen (secondary N) is 1. The summed E-state index contributed by atoms with van der Waals surface area (Å²) in [6.07, 6.45) is 0. The summed E-state index contributed by atoms with van der Waals surface area (Å²) < 4.78 is 13.0. The molecule has 19 heavy (non-hydrogen) atoms. The fourth-order valence-corrected chi connectivity index (χ4v) is 1.78. The van der Waals surface area contributed by atoms with Gasteiger partial charge in [-0.3, -0.25) is 10.1 Å². The van der Waals surface area contributed by atoms with Gasteiger partial charge in [0.15, 0.2) is 0 Å². The Labute approximate surface area is 110 Å². The number of non-ortho nitro benzene ring substituents is 1. The monoisotopic (exact) mass is 260 g/mol. The lowest BCUT2D eigenvalue weighted by atomic mass is 10.1. The van der Waals surface area contributed by atoms with E-state index in [4.69, 9.17) is 0 Å². The van der Waals surface area contributed by atoms with Gasteiger partial charge in [0.1, 0.15) is 5.82 Å². The van der Waals surface area contributed by atoms with E-state index in [2.05, 4.69) is 5.32 Å². The molecule has 2 aromatic carbocycles. The summed E-state index contributed by atoms with van der Waals surface area (Å²) in [4.78, 5) is 10.2. The van der Waals surface area contributed by atoms with Gasteiger partial charge in [-0.05, 0) is 36.2 Å². The van der Waals surface area contributed by atoms with E-state index in [-0.39, 0.29) is 11.5 Å². The second kappa shape index (κ2) is 5.48. The largest absolute Gasteiger partial charge is 0.381 e. The Bertz CT molecular complexity index is 614. The highest BCUT2D eigenvalue weighted by Crippen LogP contribution is 2.18. The minimum atomic E-state index is -0.436. The van der Waals surface area contributed by atoms with Crippen LogP contribution in [0.4, 0.5) is 15.8 Å². The van der Waals surface area contributed by atoms with Gasteiger partial charge in [0, 0.05) is 24.4 Å². The third-order valence-electron chi connectivity index (χ3n) is 2.84. The van der Waals surface area contributed by atoms with Crippen LogP contribution in [0.25, 0.3) is 0 Å². The summed E-state index contributed by atoms with van der Waals surface area (Å²) in [5, 5.41) is 13.7. The summed E-state index contributed by atoms with van der Waals surface area (Å²) >= 11 is 0. The van der Waals surface area contributed by atoms with E-state index in [0.717, 1.165) is 11.1 Å². The molecule has 98 valence electrons. The van der Waals surface area contributed by atoms with Crippen molar-refractivity contribution in [3.8, 4) is 0 Å². The highest BCUT2D eigenvalue weighted by molar-refractivity contribution is 5.51. The number of benzene rings is 2. The summed E-state index contributed by atoms with van der Waals surface area (Å²) in [7, 11) is 0. The van der Waals surface area contributed by atoms with Crippen molar-refractivity contribution in [2.75, 3.05) is 5.32 Å². The quantitative estimate of drug-likeness (QED) is 0.674. The van der Waals surface area contributed by atoms with Crippen molar-refractivity contribution in [3.63, 3.8) is 0 Å². The van der Waals surface area contributed by atoms with E-state index >= 15 is 0 Å². The maximum absolute atomic E-state index is 13.0. The van der Waals surface area contributed by atoms with E-state index in [0.29, 0.717) is 12.2 Å². The molecule has 0 saturated heterocycles. The van der Waals surface area contributed by atoms with Crippen LogP contribution < -0.4 is 5.32 Å². The first-order chi connectivity index (χ1) is 9.06. The van der Waals surface area contributed by atoms with Gasteiger partial charge in [-0.25, -0.2) is 4.39 Å². The van der Waals surface area contributed by atoms with Gasteiger partial charge in [0.25, 0.3) is 5.69 Å². The smallest absolute Gasteiger partial charge is 0.271 e. The van der Waals surface area contributed by atoms with Crippen LogP contribution in [0.2, 0.25) is 0 Å². The molecule has 0 aliphatic carbocycles. The van der Waals surface area contributed by atoms with Crippen LogP contribution in [0.3, 0.4) is 0 Å². The fourth-order valence-electron chi connectivity index (χ4n) is 1.78. The first-order valence-corrected chi connectivity index (χ1v) is 5.79. The highest BCUT2D eigenvalue weighted by Gasteiger charge is 2.06. The van der Waals surface area contributed by atoms with E-state index in [1.807, 2.05) is 6.92 Å². The molecule has 0 heterocycles. The lowest BCUT2D eigenvalue weighted by molar-refractivity contribution is -0.384. The van der Waals surface area contributed by atoms with Crippen LogP contribution >= 0.6 is 0 Å². The number of aryl methyl sites for hydroxylation is 1. The van der Waals surface area contributed by atoms with Crippen molar-refractivity contribution in [2.24, 2.45) is 0 Å². The lowest BCUT2D eigenvalue weighted by Gasteiger charge is -2.09. The summed E-state index contributed by atoms with van der Waals surface area (Å²) in [5.74, 6) is -0.267.